The highest BCUT2D eigenvalue weighted by Crippen LogP contribution is 2.27. The van der Waals surface area contributed by atoms with Gasteiger partial charge in [-0.25, -0.2) is 8.42 Å². The first-order chi connectivity index (χ1) is 19.9. The number of sulfonamides is 1. The Morgan fingerprint density at radius 2 is 1.86 bits per heavy atom. The highest BCUT2D eigenvalue weighted by atomic mass is 35.5. The number of nitrogens with two attached hydrogens (primary N) is 1. The van der Waals surface area contributed by atoms with E-state index < -0.39 is 41.0 Å². The SMILES string of the molecule is CCS(=O)(=O)N(Cc1ccccn1)c1cc(Cl)cc(C(=O)NCc2ccc(C(=N)N)cc2OCC(=O)NCC(=O)O)c1. The molecule has 2 aromatic carbocycles. The number of amides is 2. The molecule has 0 radical (unpaired) electrons. The van der Waals surface area contributed by atoms with E-state index >= 15 is 0 Å². The number of halogens is 1. The standard InChI is InChI=1S/C27H29ClN6O7S/c1-2-42(39,40)34(15-21-5-3-4-8-31-21)22-10-19(9-20(28)12-22)27(38)33-13-18-7-6-17(26(29)30)11-23(18)41-16-24(35)32-14-25(36)37/h3-12H,2,13-16H2,1H3,(H3,29,30)(H,32,35)(H,33,38)(H,36,37). The maximum Gasteiger partial charge on any atom is 0.322 e. The molecule has 0 aliphatic heterocycles. The summed E-state index contributed by atoms with van der Waals surface area (Å²) in [4.78, 5) is 40.0. The molecule has 0 aliphatic rings. The summed E-state index contributed by atoms with van der Waals surface area (Å²) in [5.74, 6) is -2.80. The summed E-state index contributed by atoms with van der Waals surface area (Å²) in [6, 6.07) is 13.9. The lowest BCUT2D eigenvalue weighted by atomic mass is 10.1. The largest absolute Gasteiger partial charge is 0.483 e. The molecule has 0 bridgehead atoms. The number of anilines is 1. The van der Waals surface area contributed by atoms with Gasteiger partial charge in [0, 0.05) is 34.5 Å². The Morgan fingerprint density at radius 1 is 1.10 bits per heavy atom. The molecule has 0 saturated carbocycles. The molecule has 0 atom stereocenters. The molecular formula is C27H29ClN6O7S. The number of nitrogens with zero attached hydrogens (tertiary/aromatic N) is 2. The average Bonchev–Trinajstić information content (AvgIpc) is 2.96. The summed E-state index contributed by atoms with van der Waals surface area (Å²) in [6.45, 7) is 0.244. The van der Waals surface area contributed by atoms with E-state index in [-0.39, 0.29) is 46.7 Å². The predicted octanol–water partition coefficient (Wildman–Crippen LogP) is 1.88. The van der Waals surface area contributed by atoms with Gasteiger partial charge in [0.05, 0.1) is 23.7 Å². The first kappa shape index (κ1) is 31.8. The molecule has 15 heteroatoms. The van der Waals surface area contributed by atoms with E-state index in [0.29, 0.717) is 16.8 Å². The number of benzene rings is 2. The van der Waals surface area contributed by atoms with E-state index in [1.165, 1.54) is 37.3 Å². The Labute approximate surface area is 247 Å². The van der Waals surface area contributed by atoms with Gasteiger partial charge in [-0.1, -0.05) is 29.8 Å². The molecule has 0 unspecified atom stereocenters. The van der Waals surface area contributed by atoms with Gasteiger partial charge in [0.2, 0.25) is 10.0 Å². The molecule has 3 aromatic rings. The number of hydrogen-bond acceptors (Lipinski definition) is 8. The molecule has 2 amide bonds. The average molecular weight is 617 g/mol. The minimum absolute atomic E-state index is 0.0678. The van der Waals surface area contributed by atoms with Gasteiger partial charge in [-0.05, 0) is 43.3 Å². The van der Waals surface area contributed by atoms with E-state index in [0.717, 1.165) is 4.31 Å². The first-order valence-corrected chi connectivity index (χ1v) is 14.5. The van der Waals surface area contributed by atoms with Crippen LogP contribution in [0.3, 0.4) is 0 Å². The van der Waals surface area contributed by atoms with E-state index in [1.54, 1.807) is 30.5 Å². The maximum absolute atomic E-state index is 13.2. The molecule has 1 aromatic heterocycles. The van der Waals surface area contributed by atoms with Crippen molar-refractivity contribution in [2.24, 2.45) is 5.73 Å². The highest BCUT2D eigenvalue weighted by Gasteiger charge is 2.23. The molecule has 0 saturated heterocycles. The Kier molecular flexibility index (Phi) is 10.8. The van der Waals surface area contributed by atoms with Crippen molar-refractivity contribution in [1.82, 2.24) is 15.6 Å². The van der Waals surface area contributed by atoms with Gasteiger partial charge in [-0.2, -0.15) is 0 Å². The van der Waals surface area contributed by atoms with Gasteiger partial charge >= 0.3 is 5.97 Å². The summed E-state index contributed by atoms with van der Waals surface area (Å²) in [5, 5.41) is 21.4. The lowest BCUT2D eigenvalue weighted by Crippen LogP contribution is -2.33. The van der Waals surface area contributed by atoms with Crippen molar-refractivity contribution in [2.45, 2.75) is 20.0 Å². The van der Waals surface area contributed by atoms with Crippen molar-refractivity contribution in [3.8, 4) is 5.75 Å². The number of hydrogen-bond donors (Lipinski definition) is 5. The van der Waals surface area contributed by atoms with Gasteiger partial charge in [0.25, 0.3) is 11.8 Å². The third-order valence-electron chi connectivity index (χ3n) is 5.78. The number of aliphatic carboxylic acids is 1. The topological polar surface area (TPSA) is 205 Å². The number of carbonyl (C=O) groups excluding carboxylic acids is 2. The molecule has 1 heterocycles. The summed E-state index contributed by atoms with van der Waals surface area (Å²) in [7, 11) is -3.77. The number of nitrogen functional groups attached to an aromatic ring is 1. The zero-order valence-corrected chi connectivity index (χ0v) is 24.0. The molecule has 3 rings (SSSR count). The Balaban J connectivity index is 1.82. The second kappa shape index (κ2) is 14.3. The van der Waals surface area contributed by atoms with Gasteiger partial charge < -0.3 is 26.2 Å². The molecule has 0 spiro atoms. The third-order valence-corrected chi connectivity index (χ3v) is 7.74. The zero-order valence-electron chi connectivity index (χ0n) is 22.5. The van der Waals surface area contributed by atoms with Crippen molar-refractivity contribution >= 4 is 50.9 Å². The fourth-order valence-electron chi connectivity index (χ4n) is 3.64. The molecule has 13 nitrogen and oxygen atoms in total. The van der Waals surface area contributed by atoms with Crippen molar-refractivity contribution in [2.75, 3.05) is 23.2 Å². The molecule has 0 aliphatic carbocycles. The Hall–Kier alpha value is -4.69. The molecule has 6 N–H and O–H groups in total. The summed E-state index contributed by atoms with van der Waals surface area (Å²) in [5.41, 5.74) is 7.05. The maximum atomic E-state index is 13.2. The van der Waals surface area contributed by atoms with Crippen LogP contribution in [0.15, 0.2) is 60.8 Å². The number of carboxylic acid groups (broad SMARTS) is 1. The summed E-state index contributed by atoms with van der Waals surface area (Å²) in [6.07, 6.45) is 1.55. The van der Waals surface area contributed by atoms with Crippen molar-refractivity contribution in [1.29, 1.82) is 5.41 Å². The quantitative estimate of drug-likeness (QED) is 0.132. The third kappa shape index (κ3) is 8.91. The minimum Gasteiger partial charge on any atom is -0.483 e. The van der Waals surface area contributed by atoms with Gasteiger partial charge in [0.1, 0.15) is 18.1 Å². The number of carboxylic acids is 1. The fraction of sp³-hybridized carbons (Fsp3) is 0.222. The van der Waals surface area contributed by atoms with Crippen LogP contribution in [-0.2, 0) is 32.7 Å². The van der Waals surface area contributed by atoms with Crippen LogP contribution in [0.2, 0.25) is 5.02 Å². The second-order valence-corrected chi connectivity index (χ2v) is 11.4. The predicted molar refractivity (Wildman–Crippen MR) is 156 cm³/mol. The van der Waals surface area contributed by atoms with Gasteiger partial charge in [-0.3, -0.25) is 29.1 Å². The van der Waals surface area contributed by atoms with E-state index in [1.807, 2.05) is 0 Å². The fourth-order valence-corrected chi connectivity index (χ4v) is 4.94. The smallest absolute Gasteiger partial charge is 0.322 e. The molecule has 42 heavy (non-hydrogen) atoms. The minimum atomic E-state index is -3.77. The molecule has 222 valence electrons. The van der Waals surface area contributed by atoms with Crippen LogP contribution in [0, 0.1) is 5.41 Å². The van der Waals surface area contributed by atoms with Crippen molar-refractivity contribution in [3.05, 3.63) is 88.2 Å². The van der Waals surface area contributed by atoms with Crippen LogP contribution in [0.5, 0.6) is 5.75 Å². The van der Waals surface area contributed by atoms with Crippen LogP contribution < -0.4 is 25.4 Å². The van der Waals surface area contributed by atoms with E-state index in [4.69, 9.17) is 32.6 Å². The Bertz CT molecular complexity index is 1590. The van der Waals surface area contributed by atoms with Crippen LogP contribution in [0.1, 0.15) is 34.1 Å². The Morgan fingerprint density at radius 3 is 2.50 bits per heavy atom. The van der Waals surface area contributed by atoms with Crippen LogP contribution >= 0.6 is 11.6 Å². The number of carbonyl (C=O) groups is 3. The number of nitrogens with one attached hydrogen (secondary N) is 3. The number of amidine groups is 1. The zero-order chi connectivity index (χ0) is 30.9. The first-order valence-electron chi connectivity index (χ1n) is 12.5. The van der Waals surface area contributed by atoms with Crippen LogP contribution in [0.4, 0.5) is 5.69 Å². The number of aromatic nitrogens is 1. The molecule has 0 fully saturated rings. The van der Waals surface area contributed by atoms with Gasteiger partial charge in [0.15, 0.2) is 6.61 Å². The normalized spacial score (nSPS) is 10.9. The summed E-state index contributed by atoms with van der Waals surface area (Å²) >= 11 is 6.30. The highest BCUT2D eigenvalue weighted by molar-refractivity contribution is 7.92. The van der Waals surface area contributed by atoms with Crippen LogP contribution in [0.25, 0.3) is 0 Å². The number of rotatable bonds is 14. The lowest BCUT2D eigenvalue weighted by molar-refractivity contribution is -0.138. The summed E-state index contributed by atoms with van der Waals surface area (Å²) < 4.78 is 32.6. The number of pyridine rings is 1. The second-order valence-electron chi connectivity index (χ2n) is 8.80. The van der Waals surface area contributed by atoms with Gasteiger partial charge in [-0.15, -0.1) is 0 Å². The monoisotopic (exact) mass is 616 g/mol. The van der Waals surface area contributed by atoms with Crippen molar-refractivity contribution in [3.63, 3.8) is 0 Å². The molecular weight excluding hydrogens is 588 g/mol. The van der Waals surface area contributed by atoms with Crippen molar-refractivity contribution < 1.29 is 32.6 Å². The lowest BCUT2D eigenvalue weighted by Gasteiger charge is -2.24. The number of ether oxygens (including phenoxy) is 1. The van der Waals surface area contributed by atoms with E-state index in [2.05, 4.69) is 15.6 Å². The van der Waals surface area contributed by atoms with E-state index in [9.17, 15) is 22.8 Å². The van der Waals surface area contributed by atoms with Crippen LogP contribution in [-0.4, -0.2) is 61.0 Å².